The van der Waals surface area contributed by atoms with Crippen molar-refractivity contribution in [1.82, 2.24) is 29.1 Å². The maximum atomic E-state index is 13.6. The molecular weight excluding hydrogens is 1490 g/mol. The number of ether oxygens (including phenoxy) is 3. The molecule has 0 aliphatic carbocycles. The van der Waals surface area contributed by atoms with Gasteiger partial charge in [0.1, 0.15) is 62.2 Å². The van der Waals surface area contributed by atoms with Gasteiger partial charge < -0.3 is 30.9 Å². The number of aryl methyl sites for hydroxylation is 4. The van der Waals surface area contributed by atoms with Crippen LogP contribution in [-0.4, -0.2) is 40.6 Å². The number of aromatic hydroxyl groups is 1. The maximum absolute atomic E-state index is 13.6. The van der Waals surface area contributed by atoms with Crippen LogP contribution in [0.4, 0.5) is 4.39 Å². The van der Waals surface area contributed by atoms with Crippen molar-refractivity contribution in [2.24, 2.45) is 0 Å². The molecule has 0 saturated carbocycles. The number of para-hydroxylation sites is 6. The van der Waals surface area contributed by atoms with Crippen LogP contribution in [-0.2, 0) is 20.5 Å². The van der Waals surface area contributed by atoms with Gasteiger partial charge in [-0.3, -0.25) is 23.9 Å². The minimum Gasteiger partial charge on any atom is -1.00 e. The zero-order valence-corrected chi connectivity index (χ0v) is 69.0. The molecule has 0 unspecified atom stereocenters. The van der Waals surface area contributed by atoms with Crippen LogP contribution in [0.25, 0.3) is 78.7 Å². The molecular formula is C86H79Br2FK2N6O7. The molecule has 0 saturated heterocycles. The van der Waals surface area contributed by atoms with E-state index in [-0.39, 0.29) is 140 Å². The Morgan fingerprint density at radius 2 is 0.779 bits per heavy atom. The molecule has 104 heavy (non-hydrogen) atoms. The van der Waals surface area contributed by atoms with Crippen molar-refractivity contribution in [3.05, 3.63) is 303 Å². The van der Waals surface area contributed by atoms with Crippen molar-refractivity contribution in [1.29, 1.82) is 0 Å². The first kappa shape index (κ1) is 81.9. The van der Waals surface area contributed by atoms with E-state index in [0.29, 0.717) is 33.2 Å². The molecule has 4 heterocycles. The summed E-state index contributed by atoms with van der Waals surface area (Å²) < 4.78 is 37.5. The van der Waals surface area contributed by atoms with Crippen LogP contribution in [0.1, 0.15) is 83.8 Å². The van der Waals surface area contributed by atoms with Crippen molar-refractivity contribution in [3.63, 3.8) is 0 Å². The summed E-state index contributed by atoms with van der Waals surface area (Å²) in [4.78, 5) is 30.2. The third kappa shape index (κ3) is 19.8. The summed E-state index contributed by atoms with van der Waals surface area (Å²) in [6.07, 6.45) is 3.71. The van der Waals surface area contributed by atoms with Gasteiger partial charge in [0.2, 0.25) is 0 Å². The summed E-state index contributed by atoms with van der Waals surface area (Å²) in [5, 5.41) is 18.0. The van der Waals surface area contributed by atoms with Crippen molar-refractivity contribution in [3.8, 4) is 96.9 Å². The molecule has 0 atom stereocenters. The Hall–Kier alpha value is -7.77. The number of hydrogen-bond acceptors (Lipinski definition) is 11. The SMILES string of the molecule is C.CC(C)(C)c1ccnc(-c2ccc(Oc3cccc(F)c3Br)cc2)c1.Cc1cccc(C)c1-n1c(-c2ccc(O)cc2)nc2ccccc21.Cc1cccc(C)c1-n1c(-c2ccc(Oc3cccc(Oc4ccc(-c5cc(C(C)(C)C)ccn5)cc4)c3Br)cc2)nc2ccccc21.O=CO[O-].[H-].[K+].[K+]. The number of phenols is 1. The number of phenolic OH excluding ortho intramolecular Hbond substituents is 1. The average Bonchev–Trinajstić information content (AvgIpc) is 1.61. The fourth-order valence-electron chi connectivity index (χ4n) is 11.6. The second kappa shape index (κ2) is 37.0. The third-order valence-corrected chi connectivity index (χ3v) is 18.4. The summed E-state index contributed by atoms with van der Waals surface area (Å²) in [5.74, 6) is 5.51. The number of imidazole rings is 2. The van der Waals surface area contributed by atoms with Crippen LogP contribution in [0.15, 0.2) is 264 Å². The minimum absolute atomic E-state index is 0. The van der Waals surface area contributed by atoms with Gasteiger partial charge in [0.15, 0.2) is 0 Å². The molecule has 0 spiro atoms. The third-order valence-electron chi connectivity index (χ3n) is 16.8. The topological polar surface area (TPSA) is 159 Å². The zero-order chi connectivity index (χ0) is 71.5. The predicted octanol–water partition coefficient (Wildman–Crippen LogP) is 17.0. The van der Waals surface area contributed by atoms with Gasteiger partial charge in [-0.05, 0) is 274 Å². The molecule has 0 radical (unpaired) electrons. The van der Waals surface area contributed by atoms with Gasteiger partial charge in [-0.1, -0.05) is 122 Å². The smallest absolute Gasteiger partial charge is 1.00 e. The summed E-state index contributed by atoms with van der Waals surface area (Å²) >= 11 is 6.93. The average molecular weight is 1570 g/mol. The molecule has 0 aliphatic heterocycles. The van der Waals surface area contributed by atoms with Gasteiger partial charge in [-0.2, -0.15) is 0 Å². The Bertz CT molecular complexity index is 5200. The fraction of sp³-hybridized carbons (Fsp3) is 0.151. The van der Waals surface area contributed by atoms with Crippen molar-refractivity contribution < 1.29 is 143 Å². The number of rotatable bonds is 13. The first-order valence-corrected chi connectivity index (χ1v) is 34.3. The first-order valence-electron chi connectivity index (χ1n) is 32.7. The molecule has 4 aromatic heterocycles. The summed E-state index contributed by atoms with van der Waals surface area (Å²) in [7, 11) is 0. The molecule has 0 amide bonds. The molecule has 13 nitrogen and oxygen atoms in total. The van der Waals surface area contributed by atoms with Gasteiger partial charge in [0, 0.05) is 34.6 Å². The van der Waals surface area contributed by atoms with Crippen LogP contribution in [0.2, 0.25) is 0 Å². The molecule has 0 bridgehead atoms. The van der Waals surface area contributed by atoms with Crippen LogP contribution < -0.4 is 122 Å². The molecule has 1 N–H and O–H groups in total. The molecule has 14 aromatic rings. The number of nitrogens with zero attached hydrogens (tertiary/aromatic N) is 6. The second-order valence-corrected chi connectivity index (χ2v) is 27.7. The van der Waals surface area contributed by atoms with Gasteiger partial charge in [-0.25, -0.2) is 14.4 Å². The monoisotopic (exact) mass is 1560 g/mol. The number of hydrogen-bond donors (Lipinski definition) is 1. The first-order chi connectivity index (χ1) is 48.6. The summed E-state index contributed by atoms with van der Waals surface area (Å²) in [6.45, 7) is 21.5. The molecule has 0 fully saturated rings. The number of carbonyl (C=O) groups is 1. The van der Waals surface area contributed by atoms with E-state index >= 15 is 0 Å². The molecule has 14 rings (SSSR count). The van der Waals surface area contributed by atoms with Crippen LogP contribution in [0.5, 0.6) is 40.2 Å². The number of carbonyl (C=O) groups excluding carboxylic acids is 1. The largest absolute Gasteiger partial charge is 1.00 e. The van der Waals surface area contributed by atoms with Gasteiger partial charge in [0.25, 0.3) is 6.47 Å². The second-order valence-electron chi connectivity index (χ2n) is 26.1. The number of aromatic nitrogens is 6. The molecule has 18 heteroatoms. The zero-order valence-electron chi connectivity index (χ0n) is 60.5. The summed E-state index contributed by atoms with van der Waals surface area (Å²) in [6, 6.07) is 78.9. The standard InChI is InChI=1S/C42H36BrN3O2.C21H19BrFNO.C21H18N2O.CH2O3.CH4.2K.H/c1-27-10-8-11-28(2)40(27)46-36-13-7-6-12-34(36)45-41(46)30-18-22-33(23-19-30)48-38-15-9-14-37(39(38)43)47-32-20-16-29(17-21-32)35-26-31(24-25-44-35)42(3,4)5;1-21(2,3)15-11-12-24-18(13-15)14-7-9-16(10-8-14)25-19-6-4-5-17(23)20(19)22;1-14-6-5-7-15(2)20(14)23-19-9-4-3-8-18(19)22-21(23)16-10-12-17(24)13-11-16;2-1-4-3;;;;/h6-26H,1-5H3;4-13H,1-3H3;3-13,24H,1-2H3;1,3H;1H4;;;/q;;;;;2*+1;-1/p-1. The number of benzene rings is 10. The summed E-state index contributed by atoms with van der Waals surface area (Å²) in [5.41, 5.74) is 19.7. The van der Waals surface area contributed by atoms with E-state index in [1.165, 1.54) is 39.4 Å². The van der Waals surface area contributed by atoms with Crippen LogP contribution in [0, 0.1) is 33.5 Å². The quantitative estimate of drug-likeness (QED) is 0.0507. The minimum atomic E-state index is -0.350. The van der Waals surface area contributed by atoms with Gasteiger partial charge >= 0.3 is 103 Å². The maximum Gasteiger partial charge on any atom is 1.00 e. The Morgan fingerprint density at radius 1 is 0.452 bits per heavy atom. The number of fused-ring (bicyclic) bond motifs is 2. The molecule has 518 valence electrons. The van der Waals surface area contributed by atoms with E-state index in [9.17, 15) is 9.50 Å². The van der Waals surface area contributed by atoms with Crippen LogP contribution in [0.3, 0.4) is 0 Å². The van der Waals surface area contributed by atoms with E-state index in [2.05, 4.69) is 216 Å². The van der Waals surface area contributed by atoms with Crippen LogP contribution >= 0.6 is 31.9 Å². The van der Waals surface area contributed by atoms with E-state index in [1.807, 2.05) is 134 Å². The Balaban J connectivity index is 0.000000229. The Labute approximate surface area is 711 Å². The van der Waals surface area contributed by atoms with Gasteiger partial charge in [-0.15, -0.1) is 0 Å². The fourth-order valence-corrected chi connectivity index (χ4v) is 12.4. The van der Waals surface area contributed by atoms with E-state index in [4.69, 9.17) is 34.2 Å². The van der Waals surface area contributed by atoms with Crippen molar-refractivity contribution >= 4 is 60.4 Å². The number of pyridine rings is 2. The van der Waals surface area contributed by atoms with Crippen molar-refractivity contribution in [2.75, 3.05) is 0 Å². The number of halogens is 3. The Kier molecular flexibility index (Phi) is 29.1. The van der Waals surface area contributed by atoms with E-state index in [0.717, 1.165) is 89.0 Å². The Morgan fingerprint density at radius 3 is 1.14 bits per heavy atom. The predicted molar refractivity (Wildman–Crippen MR) is 414 cm³/mol. The van der Waals surface area contributed by atoms with E-state index < -0.39 is 0 Å². The van der Waals surface area contributed by atoms with E-state index in [1.54, 1.807) is 24.3 Å². The van der Waals surface area contributed by atoms with Gasteiger partial charge in [0.05, 0.1) is 49.3 Å². The molecule has 10 aromatic carbocycles. The molecule has 0 aliphatic rings. The normalized spacial score (nSPS) is 10.8. The van der Waals surface area contributed by atoms with Crippen molar-refractivity contribution in [2.45, 2.75) is 87.5 Å².